The Morgan fingerprint density at radius 3 is 2.45 bits per heavy atom. The number of nitrogens with one attached hydrogen (secondary N) is 2. The standard InChI is InChI=1S/C33H34N4O5S.HI/c34-33(35)25-10-7-23(8-11-25)9-16-31(38)37-17-3-6-27-20-28(13-15-30(27)37)36-22-32(39)42-18-19-43(40,41)29-14-12-24-4-1-2-5-26(24)21-29;/h1-2,4-5,7-8,10-15,20-21,36H,3,6,9,16-19,22H2,(H3,34,35);1H. The van der Waals surface area contributed by atoms with E-state index in [4.69, 9.17) is 15.9 Å². The molecule has 4 aromatic carbocycles. The van der Waals surface area contributed by atoms with Gasteiger partial charge in [-0.2, -0.15) is 0 Å². The lowest BCUT2D eigenvalue weighted by Crippen LogP contribution is -2.35. The normalized spacial score (nSPS) is 12.6. The predicted octanol–water partition coefficient (Wildman–Crippen LogP) is 5.08. The number of carbonyl (C=O) groups excluding carboxylic acids is 2. The van der Waals surface area contributed by atoms with Crippen molar-refractivity contribution in [1.82, 2.24) is 0 Å². The van der Waals surface area contributed by atoms with Crippen molar-refractivity contribution in [2.45, 2.75) is 30.6 Å². The maximum atomic E-state index is 13.1. The fraction of sp³-hybridized carbons (Fsp3) is 0.242. The summed E-state index contributed by atoms with van der Waals surface area (Å²) in [5.41, 5.74) is 9.79. The second-order valence-electron chi connectivity index (χ2n) is 10.5. The van der Waals surface area contributed by atoms with E-state index in [1.54, 1.807) is 30.3 Å². The first-order chi connectivity index (χ1) is 20.7. The Morgan fingerprint density at radius 1 is 0.955 bits per heavy atom. The highest BCUT2D eigenvalue weighted by Gasteiger charge is 2.23. The van der Waals surface area contributed by atoms with Crippen LogP contribution < -0.4 is 16.0 Å². The van der Waals surface area contributed by atoms with E-state index in [1.165, 1.54) is 0 Å². The zero-order chi connectivity index (χ0) is 30.4. The summed E-state index contributed by atoms with van der Waals surface area (Å²) in [6.45, 7) is 0.300. The molecule has 1 amide bonds. The number of halogens is 1. The molecule has 0 atom stereocenters. The molecule has 0 bridgehead atoms. The number of hydrogen-bond acceptors (Lipinski definition) is 7. The number of anilines is 2. The Hall–Kier alpha value is -3.97. The van der Waals surface area contributed by atoms with E-state index in [0.29, 0.717) is 24.9 Å². The Kier molecular flexibility index (Phi) is 11.0. The number of fused-ring (bicyclic) bond motifs is 2. The number of nitrogens with zero attached hydrogens (tertiary/aromatic N) is 1. The topological polar surface area (TPSA) is 143 Å². The molecular formula is C33H35IN4O5S. The third-order valence-electron chi connectivity index (χ3n) is 7.52. The lowest BCUT2D eigenvalue weighted by molar-refractivity contribution is -0.140. The van der Waals surface area contributed by atoms with E-state index in [-0.39, 0.29) is 59.5 Å². The van der Waals surface area contributed by atoms with Gasteiger partial charge in [0.1, 0.15) is 19.0 Å². The maximum Gasteiger partial charge on any atom is 0.325 e. The number of nitrogen functional groups attached to an aromatic ring is 1. The predicted molar refractivity (Wildman–Crippen MR) is 184 cm³/mol. The molecule has 0 saturated heterocycles. The number of benzene rings is 4. The first kappa shape index (κ1) is 32.9. The number of sulfone groups is 1. The molecule has 1 heterocycles. The van der Waals surface area contributed by atoms with E-state index in [2.05, 4.69) is 5.32 Å². The van der Waals surface area contributed by atoms with Crippen molar-refractivity contribution in [3.05, 3.63) is 102 Å². The zero-order valence-electron chi connectivity index (χ0n) is 24.1. The molecule has 0 radical (unpaired) electrons. The number of hydrogen-bond donors (Lipinski definition) is 3. The van der Waals surface area contributed by atoms with Crippen molar-refractivity contribution in [3.63, 3.8) is 0 Å². The summed E-state index contributed by atoms with van der Waals surface area (Å²) in [6.07, 6.45) is 2.61. The average molecular weight is 727 g/mol. The number of nitrogens with two attached hydrogens (primary N) is 1. The van der Waals surface area contributed by atoms with E-state index in [0.717, 1.165) is 46.1 Å². The van der Waals surface area contributed by atoms with Crippen molar-refractivity contribution in [2.24, 2.45) is 5.73 Å². The number of esters is 1. The molecule has 0 aromatic heterocycles. The summed E-state index contributed by atoms with van der Waals surface area (Å²) in [5.74, 6) is -0.801. The van der Waals surface area contributed by atoms with Gasteiger partial charge in [0, 0.05) is 29.9 Å². The van der Waals surface area contributed by atoms with Gasteiger partial charge in [-0.05, 0) is 71.5 Å². The molecule has 0 spiro atoms. The molecule has 0 saturated carbocycles. The van der Waals surface area contributed by atoms with Crippen molar-refractivity contribution in [2.75, 3.05) is 35.7 Å². The lowest BCUT2D eigenvalue weighted by Gasteiger charge is -2.30. The minimum absolute atomic E-state index is 0. The van der Waals surface area contributed by atoms with E-state index >= 15 is 0 Å². The van der Waals surface area contributed by atoms with Gasteiger partial charge in [-0.15, -0.1) is 24.0 Å². The summed E-state index contributed by atoms with van der Waals surface area (Å²) in [6, 6.07) is 25.5. The van der Waals surface area contributed by atoms with Crippen LogP contribution >= 0.6 is 24.0 Å². The van der Waals surface area contributed by atoms with Gasteiger partial charge >= 0.3 is 5.97 Å². The van der Waals surface area contributed by atoms with Crippen LogP contribution in [0.1, 0.15) is 29.5 Å². The number of ether oxygens (including phenoxy) is 1. The van der Waals surface area contributed by atoms with Crippen molar-refractivity contribution < 1.29 is 22.7 Å². The highest BCUT2D eigenvalue weighted by atomic mass is 127. The monoisotopic (exact) mass is 726 g/mol. The van der Waals surface area contributed by atoms with Crippen LogP contribution in [-0.4, -0.2) is 51.6 Å². The Bertz CT molecular complexity index is 1780. The van der Waals surface area contributed by atoms with Crippen LogP contribution in [0.15, 0.2) is 89.8 Å². The van der Waals surface area contributed by atoms with Crippen molar-refractivity contribution in [1.29, 1.82) is 5.41 Å². The second-order valence-corrected chi connectivity index (χ2v) is 12.6. The van der Waals surface area contributed by atoms with Crippen molar-refractivity contribution in [3.8, 4) is 0 Å². The number of amidine groups is 1. The molecule has 0 unspecified atom stereocenters. The van der Waals surface area contributed by atoms with E-state index < -0.39 is 15.8 Å². The van der Waals surface area contributed by atoms with E-state index in [1.807, 2.05) is 59.5 Å². The molecule has 5 rings (SSSR count). The van der Waals surface area contributed by atoms with Crippen LogP contribution in [-0.2, 0) is 37.0 Å². The second kappa shape index (κ2) is 14.7. The van der Waals surface area contributed by atoms with Crippen LogP contribution in [0.25, 0.3) is 10.8 Å². The van der Waals surface area contributed by atoms with Crippen LogP contribution in [0.4, 0.5) is 11.4 Å². The van der Waals surface area contributed by atoms with Gasteiger partial charge in [0.05, 0.1) is 10.6 Å². The fourth-order valence-electron chi connectivity index (χ4n) is 5.17. The van der Waals surface area contributed by atoms with Gasteiger partial charge < -0.3 is 20.7 Å². The summed E-state index contributed by atoms with van der Waals surface area (Å²) in [7, 11) is -3.60. The Morgan fingerprint density at radius 2 is 1.70 bits per heavy atom. The molecule has 44 heavy (non-hydrogen) atoms. The highest BCUT2D eigenvalue weighted by Crippen LogP contribution is 2.30. The van der Waals surface area contributed by atoms with Crippen LogP contribution in [0.5, 0.6) is 0 Å². The molecule has 1 aliphatic heterocycles. The smallest absolute Gasteiger partial charge is 0.325 e. The summed E-state index contributed by atoms with van der Waals surface area (Å²) in [4.78, 5) is 27.4. The molecule has 9 nitrogen and oxygen atoms in total. The third kappa shape index (κ3) is 8.14. The first-order valence-corrected chi connectivity index (χ1v) is 15.8. The molecule has 0 fully saturated rings. The minimum Gasteiger partial charge on any atom is -0.463 e. The van der Waals surface area contributed by atoms with Gasteiger partial charge in [-0.3, -0.25) is 15.0 Å². The largest absolute Gasteiger partial charge is 0.463 e. The quantitative estimate of drug-likeness (QED) is 0.0847. The van der Waals surface area contributed by atoms with Gasteiger partial charge in [0.25, 0.3) is 0 Å². The average Bonchev–Trinajstić information content (AvgIpc) is 3.02. The lowest BCUT2D eigenvalue weighted by atomic mass is 9.99. The highest BCUT2D eigenvalue weighted by molar-refractivity contribution is 14.0. The molecule has 4 aromatic rings. The van der Waals surface area contributed by atoms with Crippen LogP contribution in [0.3, 0.4) is 0 Å². The number of rotatable bonds is 11. The number of aryl methyl sites for hydroxylation is 2. The Balaban J connectivity index is 0.00000442. The first-order valence-electron chi connectivity index (χ1n) is 14.2. The maximum absolute atomic E-state index is 13.1. The summed E-state index contributed by atoms with van der Waals surface area (Å²) in [5, 5.41) is 12.3. The summed E-state index contributed by atoms with van der Waals surface area (Å²) < 4.78 is 30.7. The fourth-order valence-corrected chi connectivity index (χ4v) is 6.29. The van der Waals surface area contributed by atoms with Crippen molar-refractivity contribution >= 4 is 73.7 Å². The molecule has 11 heteroatoms. The van der Waals surface area contributed by atoms with Gasteiger partial charge in [0.15, 0.2) is 9.84 Å². The van der Waals surface area contributed by atoms with Gasteiger partial charge in [-0.25, -0.2) is 8.42 Å². The molecule has 230 valence electrons. The minimum atomic E-state index is -3.60. The molecule has 0 aliphatic carbocycles. The SMILES string of the molecule is I.N=C(N)c1ccc(CCC(=O)N2CCCc3cc(NCC(=O)OCCS(=O)(=O)c4ccc5ccccc5c4)ccc32)cc1. The molecule has 1 aliphatic rings. The van der Waals surface area contributed by atoms with Crippen LogP contribution in [0.2, 0.25) is 0 Å². The summed E-state index contributed by atoms with van der Waals surface area (Å²) >= 11 is 0. The number of amides is 1. The van der Waals surface area contributed by atoms with Crippen LogP contribution in [0, 0.1) is 5.41 Å². The van der Waals surface area contributed by atoms with E-state index in [9.17, 15) is 18.0 Å². The Labute approximate surface area is 274 Å². The molecule has 4 N–H and O–H groups in total. The van der Waals surface area contributed by atoms with Gasteiger partial charge in [-0.1, -0.05) is 54.6 Å². The molecular weight excluding hydrogens is 691 g/mol. The third-order valence-corrected chi connectivity index (χ3v) is 9.20. The zero-order valence-corrected chi connectivity index (χ0v) is 27.3. The van der Waals surface area contributed by atoms with Gasteiger partial charge in [0.2, 0.25) is 5.91 Å². The number of carbonyl (C=O) groups is 2.